The van der Waals surface area contributed by atoms with E-state index >= 15 is 0 Å². The van der Waals surface area contributed by atoms with E-state index in [1.54, 1.807) is 0 Å². The summed E-state index contributed by atoms with van der Waals surface area (Å²) in [4.78, 5) is 26.1. The number of aliphatic hydroxyl groups is 2. The van der Waals surface area contributed by atoms with E-state index in [1.165, 1.54) is 103 Å². The van der Waals surface area contributed by atoms with Gasteiger partial charge in [0.1, 0.15) is 6.10 Å². The fourth-order valence-corrected chi connectivity index (χ4v) is 7.40. The van der Waals surface area contributed by atoms with Crippen molar-refractivity contribution in [2.24, 2.45) is 0 Å². The average molecular weight is 864 g/mol. The fraction of sp³-hybridized carbons (Fsp3) is 0.714. The smallest absolute Gasteiger partial charge is 0.306 e. The van der Waals surface area contributed by atoms with E-state index in [0.717, 1.165) is 83.5 Å². The zero-order valence-electron chi connectivity index (χ0n) is 40.5. The maximum absolute atomic E-state index is 13.2. The molecule has 0 aromatic heterocycles. The maximum Gasteiger partial charge on any atom is 0.306 e. The molecule has 6 heteroatoms. The number of amides is 1. The Morgan fingerprint density at radius 3 is 1.35 bits per heavy atom. The van der Waals surface area contributed by atoms with Crippen molar-refractivity contribution in [3.8, 4) is 0 Å². The number of unbranched alkanes of at least 4 members (excludes halogenated alkanes) is 24. The molecule has 3 atom stereocenters. The highest BCUT2D eigenvalue weighted by Gasteiger charge is 2.24. The molecule has 6 nitrogen and oxygen atoms in total. The van der Waals surface area contributed by atoms with Crippen LogP contribution in [-0.4, -0.2) is 46.9 Å². The molecule has 0 aliphatic rings. The number of aliphatic hydroxyl groups excluding tert-OH is 2. The summed E-state index contributed by atoms with van der Waals surface area (Å²) in [5.74, 6) is -0.554. The minimum Gasteiger partial charge on any atom is -0.462 e. The normalized spacial score (nSPS) is 14.0. The Labute approximate surface area is 383 Å². The lowest BCUT2D eigenvalue weighted by Gasteiger charge is -2.24. The van der Waals surface area contributed by atoms with E-state index in [2.05, 4.69) is 86.8 Å². The molecule has 3 unspecified atom stereocenters. The van der Waals surface area contributed by atoms with Gasteiger partial charge in [0.05, 0.1) is 25.2 Å². The average Bonchev–Trinajstić information content (AvgIpc) is 3.26. The number of carbonyl (C=O) groups excluding carboxylic acids is 2. The molecular weight excluding hydrogens is 767 g/mol. The van der Waals surface area contributed by atoms with Gasteiger partial charge in [0.15, 0.2) is 0 Å². The molecule has 3 N–H and O–H groups in total. The van der Waals surface area contributed by atoms with Crippen LogP contribution in [0, 0.1) is 0 Å². The Balaban J connectivity index is 4.71. The van der Waals surface area contributed by atoms with Crippen LogP contribution in [0.1, 0.15) is 233 Å². The Morgan fingerprint density at radius 1 is 0.468 bits per heavy atom. The molecule has 0 bridgehead atoms. The molecule has 356 valence electrons. The van der Waals surface area contributed by atoms with E-state index in [4.69, 9.17) is 4.74 Å². The first-order valence-corrected chi connectivity index (χ1v) is 25.9. The summed E-state index contributed by atoms with van der Waals surface area (Å²) >= 11 is 0. The van der Waals surface area contributed by atoms with Crippen LogP contribution < -0.4 is 5.32 Å². The van der Waals surface area contributed by atoms with Crippen LogP contribution in [0.25, 0.3) is 0 Å². The lowest BCUT2D eigenvalue weighted by atomic mass is 10.0. The minimum absolute atomic E-state index is 0.0300. The quantitative estimate of drug-likeness (QED) is 0.0322. The van der Waals surface area contributed by atoms with Crippen LogP contribution in [0.5, 0.6) is 0 Å². The molecule has 0 saturated carbocycles. The summed E-state index contributed by atoms with van der Waals surface area (Å²) < 4.78 is 5.90. The molecule has 0 aliphatic heterocycles. The Kier molecular flexibility index (Phi) is 46.7. The lowest BCUT2D eigenvalue weighted by molar-refractivity contribution is -0.151. The molecule has 0 rings (SSSR count). The second-order valence-electron chi connectivity index (χ2n) is 17.4. The Morgan fingerprint density at radius 2 is 0.871 bits per heavy atom. The topological polar surface area (TPSA) is 95.9 Å². The molecule has 0 spiro atoms. The monoisotopic (exact) mass is 864 g/mol. The summed E-state index contributed by atoms with van der Waals surface area (Å²) in [7, 11) is 0. The first-order chi connectivity index (χ1) is 30.5. The number of ether oxygens (including phenoxy) is 1. The molecule has 0 aliphatic carbocycles. The second kappa shape index (κ2) is 49.1. The molecule has 0 heterocycles. The van der Waals surface area contributed by atoms with E-state index in [0.29, 0.717) is 19.3 Å². The zero-order valence-corrected chi connectivity index (χ0v) is 40.5. The minimum atomic E-state index is -0.807. The van der Waals surface area contributed by atoms with Gasteiger partial charge in [0.2, 0.25) is 5.91 Å². The molecule has 0 radical (unpaired) electrons. The number of hydrogen-bond donors (Lipinski definition) is 3. The first kappa shape index (κ1) is 59.0. The van der Waals surface area contributed by atoms with Crippen molar-refractivity contribution < 1.29 is 24.5 Å². The van der Waals surface area contributed by atoms with Gasteiger partial charge in [-0.1, -0.05) is 241 Å². The highest BCUT2D eigenvalue weighted by molar-refractivity contribution is 5.77. The van der Waals surface area contributed by atoms with Gasteiger partial charge in [0, 0.05) is 6.42 Å². The number of carbonyl (C=O) groups is 2. The molecular formula is C56H97NO5. The predicted molar refractivity (Wildman–Crippen MR) is 268 cm³/mol. The molecule has 1 amide bonds. The van der Waals surface area contributed by atoms with Gasteiger partial charge in [0.25, 0.3) is 0 Å². The van der Waals surface area contributed by atoms with Crippen LogP contribution in [0.4, 0.5) is 0 Å². The first-order valence-electron chi connectivity index (χ1n) is 25.9. The number of allylic oxidation sites excluding steroid dienone is 14. The van der Waals surface area contributed by atoms with Crippen molar-refractivity contribution in [2.45, 2.75) is 251 Å². The van der Waals surface area contributed by atoms with Gasteiger partial charge in [-0.25, -0.2) is 0 Å². The van der Waals surface area contributed by atoms with Gasteiger partial charge < -0.3 is 20.3 Å². The standard InChI is InChI=1S/C56H97NO5/c1-4-7-10-13-16-19-22-24-26-27-28-29-31-34-37-40-43-46-49-56(61)62-52(47-44-41-38-35-33-30-25-23-20-17-14-11-8-5-2)50-55(60)57-53(51-58)54(59)48-45-42-39-36-32-21-18-15-12-9-6-3/h10,13,16,19,22,24,26-30,33,35,38,52-54,58-59H,4-9,11-12,14-15,17-18,20-21,23,25,31-32,34,36-37,39-51H2,1-3H3,(H,57,60)/b13-10+,19-16+,24-22+,27-26+,29-28+,33-30+,38-35+. The van der Waals surface area contributed by atoms with Crippen LogP contribution in [0.3, 0.4) is 0 Å². The zero-order chi connectivity index (χ0) is 45.2. The number of hydrogen-bond acceptors (Lipinski definition) is 5. The highest BCUT2D eigenvalue weighted by Crippen LogP contribution is 2.16. The maximum atomic E-state index is 13.2. The fourth-order valence-electron chi connectivity index (χ4n) is 7.40. The largest absolute Gasteiger partial charge is 0.462 e. The lowest BCUT2D eigenvalue weighted by Crippen LogP contribution is -2.46. The van der Waals surface area contributed by atoms with Gasteiger partial charge in [-0.05, 0) is 64.2 Å². The van der Waals surface area contributed by atoms with Crippen molar-refractivity contribution in [2.75, 3.05) is 6.61 Å². The van der Waals surface area contributed by atoms with E-state index in [1.807, 2.05) is 24.3 Å². The molecule has 0 aromatic rings. The SMILES string of the molecule is CCC/C=C/C=C/C=C/C=C/C=C/CCCCCCCC(=O)OC(CCC/C=C/C=C/CCCCCCCCC)CC(=O)NC(CO)C(O)CCCCCCCCCCCCC. The second-order valence-corrected chi connectivity index (χ2v) is 17.4. The van der Waals surface area contributed by atoms with E-state index in [-0.39, 0.29) is 24.9 Å². The van der Waals surface area contributed by atoms with E-state index in [9.17, 15) is 19.8 Å². The number of rotatable bonds is 45. The molecule has 0 aromatic carbocycles. The third-order valence-electron chi connectivity index (χ3n) is 11.3. The van der Waals surface area contributed by atoms with Crippen molar-refractivity contribution in [3.05, 3.63) is 85.1 Å². The van der Waals surface area contributed by atoms with Crippen LogP contribution in [0.2, 0.25) is 0 Å². The van der Waals surface area contributed by atoms with E-state index < -0.39 is 18.2 Å². The van der Waals surface area contributed by atoms with Crippen LogP contribution in [-0.2, 0) is 14.3 Å². The summed E-state index contributed by atoms with van der Waals surface area (Å²) in [5, 5.41) is 23.7. The Hall–Kier alpha value is -2.96. The number of esters is 1. The molecule has 62 heavy (non-hydrogen) atoms. The summed E-state index contributed by atoms with van der Waals surface area (Å²) in [6.45, 7) is 6.36. The van der Waals surface area contributed by atoms with Crippen LogP contribution in [0.15, 0.2) is 85.1 Å². The van der Waals surface area contributed by atoms with Crippen molar-refractivity contribution >= 4 is 11.9 Å². The third kappa shape index (κ3) is 43.7. The van der Waals surface area contributed by atoms with Gasteiger partial charge in [-0.3, -0.25) is 9.59 Å². The third-order valence-corrected chi connectivity index (χ3v) is 11.3. The van der Waals surface area contributed by atoms with Gasteiger partial charge in [-0.15, -0.1) is 0 Å². The van der Waals surface area contributed by atoms with Gasteiger partial charge >= 0.3 is 5.97 Å². The van der Waals surface area contributed by atoms with Crippen molar-refractivity contribution in [1.29, 1.82) is 0 Å². The summed E-state index contributed by atoms with van der Waals surface area (Å²) in [5.41, 5.74) is 0. The van der Waals surface area contributed by atoms with Crippen molar-refractivity contribution in [3.63, 3.8) is 0 Å². The predicted octanol–water partition coefficient (Wildman–Crippen LogP) is 15.6. The summed E-state index contributed by atoms with van der Waals surface area (Å²) in [6.07, 6.45) is 63.5. The molecule has 0 fully saturated rings. The highest BCUT2D eigenvalue weighted by atomic mass is 16.5. The number of nitrogens with one attached hydrogen (secondary N) is 1. The molecule has 0 saturated heterocycles. The Bertz CT molecular complexity index is 1200. The summed E-state index contributed by atoms with van der Waals surface area (Å²) in [6, 6.07) is -0.725. The van der Waals surface area contributed by atoms with Gasteiger partial charge in [-0.2, -0.15) is 0 Å². The van der Waals surface area contributed by atoms with Crippen molar-refractivity contribution in [1.82, 2.24) is 5.32 Å². The van der Waals surface area contributed by atoms with Crippen LogP contribution >= 0.6 is 0 Å².